The maximum atomic E-state index is 13.0. The first kappa shape index (κ1) is 14.8. The summed E-state index contributed by atoms with van der Waals surface area (Å²) < 4.78 is 18.3. The van der Waals surface area contributed by atoms with Crippen LogP contribution in [0.1, 0.15) is 5.56 Å². The highest BCUT2D eigenvalue weighted by molar-refractivity contribution is 5.73. The summed E-state index contributed by atoms with van der Waals surface area (Å²) in [6.45, 7) is 0.524. The molecule has 2 rings (SSSR count). The van der Waals surface area contributed by atoms with Crippen molar-refractivity contribution < 1.29 is 13.9 Å². The van der Waals surface area contributed by atoms with Gasteiger partial charge in [-0.2, -0.15) is 0 Å². The number of carbonyl (C=O) groups excluding carboxylic acids is 1. The van der Waals surface area contributed by atoms with E-state index in [2.05, 4.69) is 10.6 Å². The third-order valence-electron chi connectivity index (χ3n) is 2.80. The molecular formula is C16H17FN2O2. The molecule has 0 radical (unpaired) electrons. The molecule has 4 nitrogen and oxygen atoms in total. The summed E-state index contributed by atoms with van der Waals surface area (Å²) in [5.74, 6) is 0.422. The maximum Gasteiger partial charge on any atom is 0.317 e. The van der Waals surface area contributed by atoms with Crippen LogP contribution in [0.25, 0.3) is 0 Å². The van der Waals surface area contributed by atoms with Gasteiger partial charge in [-0.3, -0.25) is 0 Å². The van der Waals surface area contributed by atoms with Crippen molar-refractivity contribution in [3.63, 3.8) is 0 Å². The third-order valence-corrected chi connectivity index (χ3v) is 2.80. The van der Waals surface area contributed by atoms with Crippen LogP contribution in [0.3, 0.4) is 0 Å². The van der Waals surface area contributed by atoms with Crippen LogP contribution in [0.15, 0.2) is 54.6 Å². The average molecular weight is 288 g/mol. The lowest BCUT2D eigenvalue weighted by Crippen LogP contribution is -2.38. The number of urea groups is 1. The summed E-state index contributed by atoms with van der Waals surface area (Å²) in [5.41, 5.74) is 0.843. The summed E-state index contributed by atoms with van der Waals surface area (Å²) in [7, 11) is 0. The minimum atomic E-state index is -0.317. The Bertz CT molecular complexity index is 575. The molecule has 0 saturated carbocycles. The molecule has 110 valence electrons. The number of rotatable bonds is 6. The highest BCUT2D eigenvalue weighted by Gasteiger charge is 2.00. The van der Waals surface area contributed by atoms with E-state index in [1.165, 1.54) is 12.1 Å². The molecule has 2 N–H and O–H groups in total. The van der Waals surface area contributed by atoms with Crippen LogP contribution in [-0.4, -0.2) is 19.3 Å². The van der Waals surface area contributed by atoms with Crippen LogP contribution < -0.4 is 15.4 Å². The van der Waals surface area contributed by atoms with Gasteiger partial charge >= 0.3 is 6.03 Å². The summed E-state index contributed by atoms with van der Waals surface area (Å²) in [6, 6.07) is 15.2. The molecule has 0 heterocycles. The number of para-hydroxylation sites is 1. The Hall–Kier alpha value is -2.56. The van der Waals surface area contributed by atoms with E-state index in [-0.39, 0.29) is 18.6 Å². The Morgan fingerprint density at radius 1 is 1.05 bits per heavy atom. The lowest BCUT2D eigenvalue weighted by atomic mass is 10.1. The normalized spacial score (nSPS) is 9.95. The average Bonchev–Trinajstić information content (AvgIpc) is 2.48. The number of hydrogen-bond acceptors (Lipinski definition) is 2. The smallest absolute Gasteiger partial charge is 0.317 e. The molecule has 2 aromatic carbocycles. The second kappa shape index (κ2) is 7.89. The summed E-state index contributed by atoms with van der Waals surface area (Å²) >= 11 is 0. The molecule has 2 amide bonds. The summed E-state index contributed by atoms with van der Waals surface area (Å²) in [4.78, 5) is 11.5. The molecule has 0 spiro atoms. The van der Waals surface area contributed by atoms with Crippen molar-refractivity contribution in [3.8, 4) is 5.75 Å². The van der Waals surface area contributed by atoms with E-state index < -0.39 is 0 Å². The van der Waals surface area contributed by atoms with Crippen molar-refractivity contribution in [1.29, 1.82) is 0 Å². The topological polar surface area (TPSA) is 50.4 Å². The van der Waals surface area contributed by atoms with Crippen LogP contribution in [-0.2, 0) is 6.42 Å². The number of ether oxygens (including phenoxy) is 1. The largest absolute Gasteiger partial charge is 0.473 e. The van der Waals surface area contributed by atoms with Gasteiger partial charge in [0.1, 0.15) is 11.6 Å². The van der Waals surface area contributed by atoms with E-state index in [9.17, 15) is 9.18 Å². The van der Waals surface area contributed by atoms with E-state index in [1.54, 1.807) is 6.07 Å². The van der Waals surface area contributed by atoms with Gasteiger partial charge in [0.05, 0.1) is 0 Å². The van der Waals surface area contributed by atoms with Crippen LogP contribution in [0, 0.1) is 5.82 Å². The standard InChI is InChI=1S/C16H17FN2O2/c17-14-6-4-5-13(11-14)9-10-18-16(20)19-12-21-15-7-2-1-3-8-15/h1-8,11H,9-10,12H2,(H2,18,19,20). The first-order valence-corrected chi connectivity index (χ1v) is 6.68. The zero-order valence-corrected chi connectivity index (χ0v) is 11.5. The molecule has 0 fully saturated rings. The van der Waals surface area contributed by atoms with Crippen molar-refractivity contribution in [3.05, 3.63) is 66.0 Å². The van der Waals surface area contributed by atoms with E-state index in [0.29, 0.717) is 18.7 Å². The van der Waals surface area contributed by atoms with Crippen molar-refractivity contribution in [2.24, 2.45) is 0 Å². The molecule has 5 heteroatoms. The molecule has 0 saturated heterocycles. The Balaban J connectivity index is 1.61. The SMILES string of the molecule is O=C(NCCc1cccc(F)c1)NCOc1ccccc1. The molecule has 21 heavy (non-hydrogen) atoms. The molecule has 0 aliphatic carbocycles. The quantitative estimate of drug-likeness (QED) is 0.803. The Morgan fingerprint density at radius 3 is 2.62 bits per heavy atom. The Kier molecular flexibility index (Phi) is 5.58. The van der Waals surface area contributed by atoms with Gasteiger partial charge in [-0.15, -0.1) is 0 Å². The number of nitrogens with one attached hydrogen (secondary N) is 2. The molecule has 0 atom stereocenters. The number of benzene rings is 2. The minimum Gasteiger partial charge on any atom is -0.473 e. The second-order valence-corrected chi connectivity index (χ2v) is 4.41. The number of carbonyl (C=O) groups is 1. The summed E-state index contributed by atoms with van der Waals surface area (Å²) in [6.07, 6.45) is 0.574. The molecule has 0 aliphatic heterocycles. The van der Waals surface area contributed by atoms with Gasteiger partial charge in [-0.25, -0.2) is 9.18 Å². The number of hydrogen-bond donors (Lipinski definition) is 2. The molecule has 0 aromatic heterocycles. The fraction of sp³-hybridized carbons (Fsp3) is 0.188. The van der Waals surface area contributed by atoms with E-state index in [0.717, 1.165) is 5.56 Å². The Labute approximate surface area is 122 Å². The van der Waals surface area contributed by atoms with Crippen LogP contribution >= 0.6 is 0 Å². The third kappa shape index (κ3) is 5.52. The van der Waals surface area contributed by atoms with Gasteiger partial charge in [0.15, 0.2) is 6.73 Å². The first-order chi connectivity index (χ1) is 10.2. The van der Waals surface area contributed by atoms with Gasteiger partial charge in [0.25, 0.3) is 0 Å². The fourth-order valence-electron chi connectivity index (χ4n) is 1.78. The number of halogens is 1. The van der Waals surface area contributed by atoms with Gasteiger partial charge in [0.2, 0.25) is 0 Å². The van der Waals surface area contributed by atoms with Gasteiger partial charge in [0, 0.05) is 6.54 Å². The predicted molar refractivity (Wildman–Crippen MR) is 78.6 cm³/mol. The molecule has 0 bridgehead atoms. The Morgan fingerprint density at radius 2 is 1.86 bits per heavy atom. The van der Waals surface area contributed by atoms with Crippen molar-refractivity contribution in [1.82, 2.24) is 10.6 Å². The first-order valence-electron chi connectivity index (χ1n) is 6.68. The van der Waals surface area contributed by atoms with E-state index in [4.69, 9.17) is 4.74 Å². The lowest BCUT2D eigenvalue weighted by molar-refractivity contribution is 0.224. The molecule has 0 aliphatic rings. The zero-order chi connectivity index (χ0) is 14.9. The maximum absolute atomic E-state index is 13.0. The second-order valence-electron chi connectivity index (χ2n) is 4.41. The van der Waals surface area contributed by atoms with E-state index in [1.807, 2.05) is 36.4 Å². The van der Waals surface area contributed by atoms with Gasteiger partial charge < -0.3 is 15.4 Å². The van der Waals surface area contributed by atoms with Crippen molar-refractivity contribution in [2.45, 2.75) is 6.42 Å². The fourth-order valence-corrected chi connectivity index (χ4v) is 1.78. The molecular weight excluding hydrogens is 271 g/mol. The molecule has 2 aromatic rings. The lowest BCUT2D eigenvalue weighted by Gasteiger charge is -2.09. The van der Waals surface area contributed by atoms with E-state index >= 15 is 0 Å². The van der Waals surface area contributed by atoms with Crippen molar-refractivity contribution >= 4 is 6.03 Å². The van der Waals surface area contributed by atoms with Gasteiger partial charge in [-0.1, -0.05) is 30.3 Å². The van der Waals surface area contributed by atoms with Crippen LogP contribution in [0.2, 0.25) is 0 Å². The predicted octanol–water partition coefficient (Wildman–Crippen LogP) is 2.70. The zero-order valence-electron chi connectivity index (χ0n) is 11.5. The van der Waals surface area contributed by atoms with Crippen LogP contribution in [0.4, 0.5) is 9.18 Å². The highest BCUT2D eigenvalue weighted by atomic mass is 19.1. The van der Waals surface area contributed by atoms with Crippen molar-refractivity contribution in [2.75, 3.05) is 13.3 Å². The number of amides is 2. The highest BCUT2D eigenvalue weighted by Crippen LogP contribution is 2.07. The summed E-state index contributed by atoms with van der Waals surface area (Å²) in [5, 5.41) is 5.27. The van der Waals surface area contributed by atoms with Crippen LogP contribution in [0.5, 0.6) is 5.75 Å². The molecule has 0 unspecified atom stereocenters. The van der Waals surface area contributed by atoms with Gasteiger partial charge in [-0.05, 0) is 36.2 Å². The monoisotopic (exact) mass is 288 g/mol. The minimum absolute atomic E-state index is 0.0931.